The van der Waals surface area contributed by atoms with Crippen LogP contribution in [0.1, 0.15) is 0 Å². The SMILES string of the molecule is Brc1cc2oc3ccc(I)cc3c2c2ccccc12. The van der Waals surface area contributed by atoms with Crippen molar-refractivity contribution >= 4 is 71.2 Å². The molecule has 0 fully saturated rings. The maximum Gasteiger partial charge on any atom is 0.137 e. The van der Waals surface area contributed by atoms with Gasteiger partial charge in [-0.05, 0) is 57.6 Å². The standard InChI is InChI=1S/C16H8BrIO/c17-13-8-15-16(11-4-2-1-3-10(11)13)12-7-9(18)5-6-14(12)19-15/h1-8H. The number of halogens is 2. The molecule has 0 N–H and O–H groups in total. The summed E-state index contributed by atoms with van der Waals surface area (Å²) in [4.78, 5) is 0. The van der Waals surface area contributed by atoms with Crippen molar-refractivity contribution in [2.75, 3.05) is 0 Å². The maximum atomic E-state index is 5.96. The average molecular weight is 423 g/mol. The second-order valence-corrected chi connectivity index (χ2v) is 6.62. The van der Waals surface area contributed by atoms with Crippen LogP contribution >= 0.6 is 38.5 Å². The first-order valence-electron chi connectivity index (χ1n) is 5.93. The highest BCUT2D eigenvalue weighted by molar-refractivity contribution is 14.1. The van der Waals surface area contributed by atoms with Crippen LogP contribution in [0.5, 0.6) is 0 Å². The van der Waals surface area contributed by atoms with Crippen LogP contribution in [0, 0.1) is 3.57 Å². The molecule has 0 amide bonds. The molecule has 0 saturated carbocycles. The Morgan fingerprint density at radius 2 is 1.63 bits per heavy atom. The Morgan fingerprint density at radius 3 is 2.47 bits per heavy atom. The summed E-state index contributed by atoms with van der Waals surface area (Å²) >= 11 is 5.97. The topological polar surface area (TPSA) is 13.1 Å². The summed E-state index contributed by atoms with van der Waals surface area (Å²) in [6, 6.07) is 16.8. The van der Waals surface area contributed by atoms with Crippen LogP contribution in [-0.2, 0) is 0 Å². The molecule has 1 heterocycles. The van der Waals surface area contributed by atoms with E-state index in [4.69, 9.17) is 4.42 Å². The fraction of sp³-hybridized carbons (Fsp3) is 0. The third-order valence-corrected chi connectivity index (χ3v) is 4.72. The van der Waals surface area contributed by atoms with Gasteiger partial charge in [0.15, 0.2) is 0 Å². The zero-order chi connectivity index (χ0) is 13.0. The van der Waals surface area contributed by atoms with E-state index in [0.29, 0.717) is 0 Å². The highest BCUT2D eigenvalue weighted by Gasteiger charge is 2.12. The molecule has 0 radical (unpaired) electrons. The first-order chi connectivity index (χ1) is 9.24. The summed E-state index contributed by atoms with van der Waals surface area (Å²) in [7, 11) is 0. The Labute approximate surface area is 131 Å². The lowest BCUT2D eigenvalue weighted by atomic mass is 10.0. The van der Waals surface area contributed by atoms with Gasteiger partial charge in [0.2, 0.25) is 0 Å². The molecule has 92 valence electrons. The van der Waals surface area contributed by atoms with E-state index >= 15 is 0 Å². The van der Waals surface area contributed by atoms with Gasteiger partial charge in [-0.3, -0.25) is 0 Å². The fourth-order valence-corrected chi connectivity index (χ4v) is 3.62. The Morgan fingerprint density at radius 1 is 0.842 bits per heavy atom. The Hall–Kier alpha value is -1.07. The first-order valence-corrected chi connectivity index (χ1v) is 7.80. The van der Waals surface area contributed by atoms with Gasteiger partial charge in [-0.25, -0.2) is 0 Å². The molecule has 0 spiro atoms. The fourth-order valence-electron chi connectivity index (χ4n) is 2.57. The number of furan rings is 1. The van der Waals surface area contributed by atoms with Crippen molar-refractivity contribution in [3.8, 4) is 0 Å². The van der Waals surface area contributed by atoms with E-state index in [1.807, 2.05) is 6.07 Å². The highest BCUT2D eigenvalue weighted by atomic mass is 127. The molecule has 1 nitrogen and oxygen atoms in total. The van der Waals surface area contributed by atoms with Gasteiger partial charge >= 0.3 is 0 Å². The molecule has 19 heavy (non-hydrogen) atoms. The van der Waals surface area contributed by atoms with E-state index in [0.717, 1.165) is 15.6 Å². The van der Waals surface area contributed by atoms with Crippen LogP contribution in [0.4, 0.5) is 0 Å². The third kappa shape index (κ3) is 1.71. The molecule has 4 aromatic rings. The van der Waals surface area contributed by atoms with E-state index in [2.05, 4.69) is 81.0 Å². The zero-order valence-corrected chi connectivity index (χ0v) is 13.5. The van der Waals surface area contributed by atoms with E-state index < -0.39 is 0 Å². The Balaban J connectivity index is 2.36. The van der Waals surface area contributed by atoms with Crippen molar-refractivity contribution in [2.45, 2.75) is 0 Å². The monoisotopic (exact) mass is 422 g/mol. The minimum atomic E-state index is 0.933. The Kier molecular flexibility index (Phi) is 2.60. The number of benzene rings is 3. The number of hydrogen-bond donors (Lipinski definition) is 0. The van der Waals surface area contributed by atoms with Crippen molar-refractivity contribution in [2.24, 2.45) is 0 Å². The van der Waals surface area contributed by atoms with Gasteiger partial charge in [0, 0.05) is 18.8 Å². The molecule has 3 heteroatoms. The number of rotatable bonds is 0. The van der Waals surface area contributed by atoms with Gasteiger partial charge < -0.3 is 4.42 Å². The molecule has 0 unspecified atom stereocenters. The molecule has 0 atom stereocenters. The zero-order valence-electron chi connectivity index (χ0n) is 9.78. The predicted molar refractivity (Wildman–Crippen MR) is 91.6 cm³/mol. The van der Waals surface area contributed by atoms with Crippen molar-refractivity contribution in [1.29, 1.82) is 0 Å². The minimum absolute atomic E-state index is 0.933. The summed E-state index contributed by atoms with van der Waals surface area (Å²) in [6.07, 6.45) is 0. The van der Waals surface area contributed by atoms with E-state index in [1.165, 1.54) is 25.1 Å². The first kappa shape index (κ1) is 11.7. The molecular formula is C16H8BrIO. The van der Waals surface area contributed by atoms with Crippen LogP contribution in [0.2, 0.25) is 0 Å². The molecule has 0 bridgehead atoms. The quantitative estimate of drug-likeness (QED) is 0.312. The lowest BCUT2D eigenvalue weighted by molar-refractivity contribution is 0.669. The van der Waals surface area contributed by atoms with Gasteiger partial charge in [-0.15, -0.1) is 0 Å². The van der Waals surface area contributed by atoms with Crippen LogP contribution < -0.4 is 0 Å². The van der Waals surface area contributed by atoms with Gasteiger partial charge in [-0.1, -0.05) is 40.2 Å². The molecule has 0 aliphatic rings. The maximum absolute atomic E-state index is 5.96. The molecule has 1 aromatic heterocycles. The van der Waals surface area contributed by atoms with Crippen molar-refractivity contribution in [3.63, 3.8) is 0 Å². The van der Waals surface area contributed by atoms with Crippen LogP contribution in [0.25, 0.3) is 32.7 Å². The third-order valence-electron chi connectivity index (χ3n) is 3.39. The van der Waals surface area contributed by atoms with Crippen molar-refractivity contribution in [1.82, 2.24) is 0 Å². The largest absolute Gasteiger partial charge is 0.456 e. The molecule has 0 aliphatic carbocycles. The average Bonchev–Trinajstić information content (AvgIpc) is 2.76. The van der Waals surface area contributed by atoms with Crippen molar-refractivity contribution in [3.05, 3.63) is 56.6 Å². The predicted octanol–water partition coefficient (Wildman–Crippen LogP) is 6.11. The number of fused-ring (bicyclic) bond motifs is 5. The van der Waals surface area contributed by atoms with E-state index in [1.54, 1.807) is 0 Å². The lowest BCUT2D eigenvalue weighted by Crippen LogP contribution is -1.77. The number of hydrogen-bond acceptors (Lipinski definition) is 1. The summed E-state index contributed by atoms with van der Waals surface area (Å²) in [5.74, 6) is 0. The van der Waals surface area contributed by atoms with Crippen LogP contribution in [0.15, 0.2) is 57.4 Å². The summed E-state index contributed by atoms with van der Waals surface area (Å²) in [5.41, 5.74) is 1.88. The Bertz CT molecular complexity index is 940. The van der Waals surface area contributed by atoms with Crippen LogP contribution in [-0.4, -0.2) is 0 Å². The lowest BCUT2D eigenvalue weighted by Gasteiger charge is -2.02. The second kappa shape index (κ2) is 4.21. The van der Waals surface area contributed by atoms with Gasteiger partial charge in [0.25, 0.3) is 0 Å². The molecular weight excluding hydrogens is 415 g/mol. The molecule has 0 saturated heterocycles. The van der Waals surface area contributed by atoms with Crippen molar-refractivity contribution < 1.29 is 4.42 Å². The summed E-state index contributed by atoms with van der Waals surface area (Å²) in [6.45, 7) is 0. The molecule has 0 aliphatic heterocycles. The minimum Gasteiger partial charge on any atom is -0.456 e. The second-order valence-electron chi connectivity index (χ2n) is 4.52. The molecule has 4 rings (SSSR count). The van der Waals surface area contributed by atoms with E-state index in [-0.39, 0.29) is 0 Å². The molecule has 3 aromatic carbocycles. The van der Waals surface area contributed by atoms with Gasteiger partial charge in [0.1, 0.15) is 11.2 Å². The van der Waals surface area contributed by atoms with Crippen LogP contribution in [0.3, 0.4) is 0 Å². The summed E-state index contributed by atoms with van der Waals surface area (Å²) in [5, 5.41) is 4.84. The van der Waals surface area contributed by atoms with Gasteiger partial charge in [-0.2, -0.15) is 0 Å². The normalized spacial score (nSPS) is 11.7. The highest BCUT2D eigenvalue weighted by Crippen LogP contribution is 2.38. The smallest absolute Gasteiger partial charge is 0.137 e. The van der Waals surface area contributed by atoms with E-state index in [9.17, 15) is 0 Å². The summed E-state index contributed by atoms with van der Waals surface area (Å²) < 4.78 is 8.26. The van der Waals surface area contributed by atoms with Gasteiger partial charge in [0.05, 0.1) is 0 Å².